The van der Waals surface area contributed by atoms with E-state index in [2.05, 4.69) is 21.4 Å². The molecule has 6 nitrogen and oxygen atoms in total. The molecule has 0 saturated carbocycles. The predicted octanol–water partition coefficient (Wildman–Crippen LogP) is 1.43. The van der Waals surface area contributed by atoms with Crippen LogP contribution >= 0.6 is 11.8 Å². The van der Waals surface area contributed by atoms with Crippen LogP contribution in [0.2, 0.25) is 0 Å². The summed E-state index contributed by atoms with van der Waals surface area (Å²) in [5.41, 5.74) is 2.15. The maximum absolute atomic E-state index is 12.6. The third-order valence-corrected chi connectivity index (χ3v) is 6.34. The summed E-state index contributed by atoms with van der Waals surface area (Å²) in [5, 5.41) is 6.10. The van der Waals surface area contributed by atoms with E-state index in [0.29, 0.717) is 18.7 Å². The lowest BCUT2D eigenvalue weighted by atomic mass is 10.1. The van der Waals surface area contributed by atoms with Crippen molar-refractivity contribution < 1.29 is 13.2 Å². The van der Waals surface area contributed by atoms with Gasteiger partial charge in [0.2, 0.25) is 15.9 Å². The molecule has 1 aliphatic heterocycles. The van der Waals surface area contributed by atoms with Crippen molar-refractivity contribution >= 4 is 27.7 Å². The highest BCUT2D eigenvalue weighted by molar-refractivity contribution is 7.98. The number of hydrogen-bond acceptors (Lipinski definition) is 5. The third-order valence-electron chi connectivity index (χ3n) is 4.20. The van der Waals surface area contributed by atoms with Crippen LogP contribution in [0.4, 0.5) is 0 Å². The van der Waals surface area contributed by atoms with Crippen LogP contribution in [-0.4, -0.2) is 52.0 Å². The Kier molecular flexibility index (Phi) is 8.15. The maximum atomic E-state index is 12.6. The van der Waals surface area contributed by atoms with Crippen molar-refractivity contribution in [3.8, 4) is 0 Å². The molecule has 0 aliphatic carbocycles. The Hall–Kier alpha value is -1.35. The Bertz CT molecular complexity index is 731. The summed E-state index contributed by atoms with van der Waals surface area (Å²) >= 11 is 1.58. The maximum Gasteiger partial charge on any atom is 0.241 e. The van der Waals surface area contributed by atoms with Gasteiger partial charge in [-0.05, 0) is 50.5 Å². The van der Waals surface area contributed by atoms with Crippen LogP contribution < -0.4 is 15.4 Å². The van der Waals surface area contributed by atoms with Gasteiger partial charge in [0.25, 0.3) is 0 Å². The summed E-state index contributed by atoms with van der Waals surface area (Å²) in [6, 6.07) is 5.82. The van der Waals surface area contributed by atoms with Crippen molar-refractivity contribution in [2.75, 3.05) is 31.6 Å². The number of thioether (sulfide) groups is 1. The lowest BCUT2D eigenvalue weighted by Crippen LogP contribution is -2.47. The molecule has 3 N–H and O–H groups in total. The molecule has 1 atom stereocenters. The Morgan fingerprint density at radius 2 is 2.04 bits per heavy atom. The largest absolute Gasteiger partial charge is 0.351 e. The highest BCUT2D eigenvalue weighted by atomic mass is 32.2. The van der Waals surface area contributed by atoms with Crippen LogP contribution in [0.5, 0.6) is 0 Å². The van der Waals surface area contributed by atoms with E-state index in [4.69, 9.17) is 0 Å². The van der Waals surface area contributed by atoms with Crippen LogP contribution in [0.25, 0.3) is 0 Å². The Morgan fingerprint density at radius 3 is 2.65 bits per heavy atom. The third kappa shape index (κ3) is 6.42. The molecule has 1 aromatic rings. The molecule has 0 saturated heterocycles. The number of nitrogens with one attached hydrogen (secondary N) is 3. The fourth-order valence-corrected chi connectivity index (χ4v) is 4.31. The summed E-state index contributed by atoms with van der Waals surface area (Å²) in [5.74, 6) is 0.412. The summed E-state index contributed by atoms with van der Waals surface area (Å²) < 4.78 is 27.8. The van der Waals surface area contributed by atoms with Crippen molar-refractivity contribution in [2.45, 2.75) is 30.7 Å². The van der Waals surface area contributed by atoms with Gasteiger partial charge in [-0.1, -0.05) is 29.3 Å². The van der Waals surface area contributed by atoms with E-state index < -0.39 is 16.1 Å². The zero-order valence-electron chi connectivity index (χ0n) is 15.2. The van der Waals surface area contributed by atoms with Gasteiger partial charge in [-0.3, -0.25) is 4.79 Å². The standard InChI is InChI=1S/C18H27N3O3S2/c1-14-3-5-16(6-4-14)26(23,24)21-17(9-12-25-2)18(22)20-13-15-7-10-19-11-8-15/h3-7,17,19,21H,8-13H2,1-2H3,(H,20,22). The normalized spacial score (nSPS) is 16.0. The quantitative estimate of drug-likeness (QED) is 0.549. The first-order valence-electron chi connectivity index (χ1n) is 8.66. The molecule has 1 aromatic carbocycles. The number of sulfonamides is 1. The fraction of sp³-hybridized carbons (Fsp3) is 0.500. The number of aryl methyl sites for hydroxylation is 1. The number of rotatable bonds is 9. The molecular formula is C18H27N3O3S2. The molecule has 0 aromatic heterocycles. The molecule has 0 bridgehead atoms. The summed E-state index contributed by atoms with van der Waals surface area (Å²) in [7, 11) is -3.74. The second-order valence-electron chi connectivity index (χ2n) is 6.30. The monoisotopic (exact) mass is 397 g/mol. The summed E-state index contributed by atoms with van der Waals surface area (Å²) in [6.45, 7) is 4.06. The molecule has 144 valence electrons. The lowest BCUT2D eigenvalue weighted by molar-refractivity contribution is -0.122. The Morgan fingerprint density at radius 1 is 1.31 bits per heavy atom. The van der Waals surface area contributed by atoms with Gasteiger partial charge in [0.15, 0.2) is 0 Å². The average Bonchev–Trinajstić information content (AvgIpc) is 2.64. The minimum atomic E-state index is -3.74. The van der Waals surface area contributed by atoms with E-state index >= 15 is 0 Å². The second kappa shape index (κ2) is 10.1. The topological polar surface area (TPSA) is 87.3 Å². The first-order chi connectivity index (χ1) is 12.4. The predicted molar refractivity (Wildman–Crippen MR) is 107 cm³/mol. The van der Waals surface area contributed by atoms with Gasteiger partial charge >= 0.3 is 0 Å². The number of hydrogen-bond donors (Lipinski definition) is 3. The van der Waals surface area contributed by atoms with Crippen LogP contribution in [-0.2, 0) is 14.8 Å². The van der Waals surface area contributed by atoms with Gasteiger partial charge < -0.3 is 10.6 Å². The van der Waals surface area contributed by atoms with E-state index in [1.54, 1.807) is 36.0 Å². The smallest absolute Gasteiger partial charge is 0.241 e. The van der Waals surface area contributed by atoms with Crippen molar-refractivity contribution in [1.29, 1.82) is 0 Å². The molecule has 1 amide bonds. The van der Waals surface area contributed by atoms with E-state index in [9.17, 15) is 13.2 Å². The van der Waals surface area contributed by atoms with Crippen molar-refractivity contribution in [3.63, 3.8) is 0 Å². The van der Waals surface area contributed by atoms with E-state index in [0.717, 1.165) is 25.1 Å². The number of amides is 1. The zero-order valence-corrected chi connectivity index (χ0v) is 16.9. The van der Waals surface area contributed by atoms with E-state index in [-0.39, 0.29) is 10.8 Å². The van der Waals surface area contributed by atoms with Gasteiger partial charge in [0.05, 0.1) is 4.90 Å². The summed E-state index contributed by atoms with van der Waals surface area (Å²) in [4.78, 5) is 12.7. The van der Waals surface area contributed by atoms with Crippen molar-refractivity contribution in [3.05, 3.63) is 41.5 Å². The first kappa shape index (κ1) is 21.0. The van der Waals surface area contributed by atoms with Crippen molar-refractivity contribution in [1.82, 2.24) is 15.4 Å². The van der Waals surface area contributed by atoms with Crippen LogP contribution in [0.3, 0.4) is 0 Å². The zero-order chi connectivity index (χ0) is 19.0. The van der Waals surface area contributed by atoms with Crippen molar-refractivity contribution in [2.24, 2.45) is 0 Å². The highest BCUT2D eigenvalue weighted by Crippen LogP contribution is 2.12. The molecule has 0 fully saturated rings. The molecule has 0 radical (unpaired) electrons. The molecule has 8 heteroatoms. The minimum Gasteiger partial charge on any atom is -0.351 e. The molecule has 1 aliphatic rings. The van der Waals surface area contributed by atoms with Gasteiger partial charge in [0.1, 0.15) is 6.04 Å². The summed E-state index contributed by atoms with van der Waals surface area (Å²) in [6.07, 6.45) is 5.34. The van der Waals surface area contributed by atoms with Crippen LogP contribution in [0.1, 0.15) is 18.4 Å². The van der Waals surface area contributed by atoms with Gasteiger partial charge in [-0.15, -0.1) is 0 Å². The molecule has 2 rings (SSSR count). The fourth-order valence-electron chi connectivity index (χ4n) is 2.61. The SMILES string of the molecule is CSCCC(NS(=O)(=O)c1ccc(C)cc1)C(=O)NCC1=CCNCC1. The molecule has 26 heavy (non-hydrogen) atoms. The minimum absolute atomic E-state index is 0.172. The van der Waals surface area contributed by atoms with Gasteiger partial charge in [-0.25, -0.2) is 8.42 Å². The molecule has 1 heterocycles. The molecular weight excluding hydrogens is 370 g/mol. The number of benzene rings is 1. The van der Waals surface area contributed by atoms with E-state index in [1.165, 1.54) is 5.57 Å². The second-order valence-corrected chi connectivity index (χ2v) is 9.00. The molecule has 0 spiro atoms. The lowest BCUT2D eigenvalue weighted by Gasteiger charge is -2.20. The van der Waals surface area contributed by atoms with Crippen LogP contribution in [0.15, 0.2) is 40.8 Å². The highest BCUT2D eigenvalue weighted by Gasteiger charge is 2.25. The Labute approximate surface area is 160 Å². The Balaban J connectivity index is 2.03. The number of carbonyl (C=O) groups excluding carboxylic acids is 1. The first-order valence-corrected chi connectivity index (χ1v) is 11.5. The van der Waals surface area contributed by atoms with Gasteiger partial charge in [-0.2, -0.15) is 16.5 Å². The number of carbonyl (C=O) groups is 1. The van der Waals surface area contributed by atoms with Gasteiger partial charge in [0, 0.05) is 13.1 Å². The van der Waals surface area contributed by atoms with E-state index in [1.807, 2.05) is 13.2 Å². The van der Waals surface area contributed by atoms with Crippen LogP contribution in [0, 0.1) is 6.92 Å². The molecule has 1 unspecified atom stereocenters. The average molecular weight is 398 g/mol.